The molecule has 100 valence electrons. The summed E-state index contributed by atoms with van der Waals surface area (Å²) in [5.41, 5.74) is 6.68. The molecule has 5 heteroatoms. The van der Waals surface area contributed by atoms with Crippen LogP contribution in [0.15, 0.2) is 29.2 Å². The van der Waals surface area contributed by atoms with E-state index in [1.54, 1.807) is 16.4 Å². The molecular formula is C13H20N2O2S. The maximum atomic E-state index is 12.3. The van der Waals surface area contributed by atoms with Crippen LogP contribution in [-0.2, 0) is 10.0 Å². The van der Waals surface area contributed by atoms with E-state index < -0.39 is 10.0 Å². The number of hydrogen-bond donors (Lipinski definition) is 1. The zero-order valence-electron chi connectivity index (χ0n) is 10.7. The maximum absolute atomic E-state index is 12.3. The largest absolute Gasteiger partial charge is 0.330 e. The Hall–Kier alpha value is -0.910. The minimum Gasteiger partial charge on any atom is -0.330 e. The van der Waals surface area contributed by atoms with E-state index in [4.69, 9.17) is 5.73 Å². The first-order chi connectivity index (χ1) is 8.55. The second-order valence-electron chi connectivity index (χ2n) is 4.82. The number of rotatable bonds is 4. The van der Waals surface area contributed by atoms with Gasteiger partial charge in [0.25, 0.3) is 0 Å². The molecule has 0 bridgehead atoms. The summed E-state index contributed by atoms with van der Waals surface area (Å²) >= 11 is 0. The highest BCUT2D eigenvalue weighted by atomic mass is 32.2. The number of nitrogens with zero attached hydrogens (tertiary/aromatic N) is 1. The molecule has 1 aliphatic heterocycles. The average Bonchev–Trinajstić information content (AvgIpc) is 2.92. The van der Waals surface area contributed by atoms with Crippen LogP contribution in [0.25, 0.3) is 0 Å². The van der Waals surface area contributed by atoms with E-state index in [0.29, 0.717) is 24.5 Å². The summed E-state index contributed by atoms with van der Waals surface area (Å²) in [6.45, 7) is 3.88. The molecule has 2 rings (SSSR count). The molecular weight excluding hydrogens is 248 g/mol. The number of sulfonamides is 1. The third-order valence-corrected chi connectivity index (χ3v) is 5.42. The summed E-state index contributed by atoms with van der Waals surface area (Å²) in [6, 6.07) is 7.10. The number of benzene rings is 1. The standard InChI is InChI=1S/C13H20N2O2S/c1-11(10-14)12-4-6-13(7-5-12)18(16,17)15-8-2-3-9-15/h4-7,11H,2-3,8-10,14H2,1H3. The lowest BCUT2D eigenvalue weighted by atomic mass is 10.0. The average molecular weight is 268 g/mol. The molecule has 1 aromatic rings. The van der Waals surface area contributed by atoms with Crippen molar-refractivity contribution in [2.45, 2.75) is 30.6 Å². The van der Waals surface area contributed by atoms with Crippen LogP contribution in [0.4, 0.5) is 0 Å². The van der Waals surface area contributed by atoms with Crippen molar-refractivity contribution in [3.05, 3.63) is 29.8 Å². The highest BCUT2D eigenvalue weighted by molar-refractivity contribution is 7.89. The topological polar surface area (TPSA) is 63.4 Å². The van der Waals surface area contributed by atoms with Gasteiger partial charge >= 0.3 is 0 Å². The first-order valence-corrected chi connectivity index (χ1v) is 7.80. The summed E-state index contributed by atoms with van der Waals surface area (Å²) in [6.07, 6.45) is 1.92. The van der Waals surface area contributed by atoms with E-state index in [-0.39, 0.29) is 5.92 Å². The van der Waals surface area contributed by atoms with E-state index in [1.807, 2.05) is 19.1 Å². The fraction of sp³-hybridized carbons (Fsp3) is 0.538. The van der Waals surface area contributed by atoms with Gasteiger partial charge in [-0.25, -0.2) is 8.42 Å². The van der Waals surface area contributed by atoms with Crippen molar-refractivity contribution in [3.63, 3.8) is 0 Å². The molecule has 0 spiro atoms. The van der Waals surface area contributed by atoms with E-state index >= 15 is 0 Å². The third-order valence-electron chi connectivity index (χ3n) is 3.51. The highest BCUT2D eigenvalue weighted by Gasteiger charge is 2.26. The van der Waals surface area contributed by atoms with Crippen LogP contribution >= 0.6 is 0 Å². The normalized spacial score (nSPS) is 19.0. The molecule has 0 aliphatic carbocycles. The van der Waals surface area contributed by atoms with Crippen LogP contribution in [0.3, 0.4) is 0 Å². The SMILES string of the molecule is CC(CN)c1ccc(S(=O)(=O)N2CCCC2)cc1. The summed E-state index contributed by atoms with van der Waals surface area (Å²) in [5, 5.41) is 0. The Morgan fingerprint density at radius 3 is 2.28 bits per heavy atom. The number of nitrogens with two attached hydrogens (primary N) is 1. The van der Waals surface area contributed by atoms with Crippen molar-refractivity contribution in [2.24, 2.45) is 5.73 Å². The van der Waals surface area contributed by atoms with Crippen LogP contribution in [0, 0.1) is 0 Å². The number of hydrogen-bond acceptors (Lipinski definition) is 3. The summed E-state index contributed by atoms with van der Waals surface area (Å²) < 4.78 is 26.1. The Kier molecular flexibility index (Phi) is 4.04. The molecule has 0 radical (unpaired) electrons. The van der Waals surface area contributed by atoms with Gasteiger partial charge in [-0.05, 0) is 43.0 Å². The predicted octanol–water partition coefficient (Wildman–Crippen LogP) is 1.53. The van der Waals surface area contributed by atoms with Crippen molar-refractivity contribution >= 4 is 10.0 Å². The molecule has 18 heavy (non-hydrogen) atoms. The van der Waals surface area contributed by atoms with Gasteiger partial charge in [0.2, 0.25) is 10.0 Å². The zero-order valence-corrected chi connectivity index (χ0v) is 11.5. The van der Waals surface area contributed by atoms with Crippen molar-refractivity contribution < 1.29 is 8.42 Å². The van der Waals surface area contributed by atoms with Gasteiger partial charge in [-0.15, -0.1) is 0 Å². The van der Waals surface area contributed by atoms with Gasteiger partial charge in [-0.3, -0.25) is 0 Å². The van der Waals surface area contributed by atoms with Crippen LogP contribution in [0.5, 0.6) is 0 Å². The molecule has 1 atom stereocenters. The lowest BCUT2D eigenvalue weighted by Gasteiger charge is -2.16. The van der Waals surface area contributed by atoms with Crippen LogP contribution in [0.1, 0.15) is 31.2 Å². The van der Waals surface area contributed by atoms with Gasteiger partial charge < -0.3 is 5.73 Å². The first-order valence-electron chi connectivity index (χ1n) is 6.36. The van der Waals surface area contributed by atoms with Gasteiger partial charge in [-0.2, -0.15) is 4.31 Å². The Morgan fingerprint density at radius 1 is 1.22 bits per heavy atom. The molecule has 0 amide bonds. The molecule has 0 saturated carbocycles. The smallest absolute Gasteiger partial charge is 0.243 e. The van der Waals surface area contributed by atoms with Gasteiger partial charge in [0.05, 0.1) is 4.90 Å². The molecule has 1 unspecified atom stereocenters. The Balaban J connectivity index is 2.23. The van der Waals surface area contributed by atoms with Crippen molar-refractivity contribution in [1.82, 2.24) is 4.31 Å². The van der Waals surface area contributed by atoms with E-state index in [2.05, 4.69) is 0 Å². The lowest BCUT2D eigenvalue weighted by Crippen LogP contribution is -2.27. The molecule has 1 aliphatic rings. The second-order valence-corrected chi connectivity index (χ2v) is 6.75. The molecule has 1 fully saturated rings. The van der Waals surface area contributed by atoms with Gasteiger partial charge in [-0.1, -0.05) is 19.1 Å². The van der Waals surface area contributed by atoms with Gasteiger partial charge in [0, 0.05) is 13.1 Å². The monoisotopic (exact) mass is 268 g/mol. The fourth-order valence-electron chi connectivity index (χ4n) is 2.18. The van der Waals surface area contributed by atoms with Crippen LogP contribution in [-0.4, -0.2) is 32.4 Å². The minimum atomic E-state index is -3.29. The lowest BCUT2D eigenvalue weighted by molar-refractivity contribution is 0.477. The highest BCUT2D eigenvalue weighted by Crippen LogP contribution is 2.22. The Morgan fingerprint density at radius 2 is 1.78 bits per heavy atom. The van der Waals surface area contributed by atoms with Gasteiger partial charge in [0.1, 0.15) is 0 Å². The van der Waals surface area contributed by atoms with Crippen molar-refractivity contribution in [3.8, 4) is 0 Å². The molecule has 1 aromatic carbocycles. The van der Waals surface area contributed by atoms with Crippen molar-refractivity contribution in [1.29, 1.82) is 0 Å². The molecule has 1 saturated heterocycles. The van der Waals surface area contributed by atoms with E-state index in [1.165, 1.54) is 0 Å². The minimum absolute atomic E-state index is 0.258. The first kappa shape index (κ1) is 13.5. The zero-order chi connectivity index (χ0) is 13.2. The molecule has 4 nitrogen and oxygen atoms in total. The summed E-state index contributed by atoms with van der Waals surface area (Å²) in [5.74, 6) is 0.258. The third kappa shape index (κ3) is 2.58. The van der Waals surface area contributed by atoms with Gasteiger partial charge in [0.15, 0.2) is 0 Å². The molecule has 2 N–H and O–H groups in total. The van der Waals surface area contributed by atoms with Crippen LogP contribution in [0.2, 0.25) is 0 Å². The van der Waals surface area contributed by atoms with E-state index in [0.717, 1.165) is 18.4 Å². The molecule has 0 aromatic heterocycles. The predicted molar refractivity (Wildman–Crippen MR) is 71.9 cm³/mol. The Bertz CT molecular complexity index is 490. The Labute approximate surface area is 109 Å². The maximum Gasteiger partial charge on any atom is 0.243 e. The second kappa shape index (κ2) is 5.38. The summed E-state index contributed by atoms with van der Waals surface area (Å²) in [4.78, 5) is 0.386. The van der Waals surface area contributed by atoms with Crippen molar-refractivity contribution in [2.75, 3.05) is 19.6 Å². The fourth-order valence-corrected chi connectivity index (χ4v) is 3.70. The molecule has 1 heterocycles. The van der Waals surface area contributed by atoms with E-state index in [9.17, 15) is 8.42 Å². The van der Waals surface area contributed by atoms with Crippen LogP contribution < -0.4 is 5.73 Å². The quantitative estimate of drug-likeness (QED) is 0.900. The summed E-state index contributed by atoms with van der Waals surface area (Å²) in [7, 11) is -3.29.